The van der Waals surface area contributed by atoms with Crippen LogP contribution in [0.3, 0.4) is 0 Å². The number of carbonyl (C=O) groups is 1. The molecule has 1 saturated carbocycles. The van der Waals surface area contributed by atoms with Gasteiger partial charge >= 0.3 is 0 Å². The van der Waals surface area contributed by atoms with Crippen molar-refractivity contribution in [3.05, 3.63) is 0 Å². The van der Waals surface area contributed by atoms with Gasteiger partial charge in [0.1, 0.15) is 11.6 Å². The second-order valence-electron chi connectivity index (χ2n) is 5.47. The maximum Gasteiger partial charge on any atom is 0.255 e. The first kappa shape index (κ1) is 13.8. The van der Waals surface area contributed by atoms with Crippen molar-refractivity contribution in [1.29, 1.82) is 0 Å². The van der Waals surface area contributed by atoms with Gasteiger partial charge in [0.15, 0.2) is 0 Å². The fourth-order valence-corrected chi connectivity index (χ4v) is 2.62. The van der Waals surface area contributed by atoms with Gasteiger partial charge in [0.05, 0.1) is 13.2 Å². The average Bonchev–Trinajstić information content (AvgIpc) is 3.05. The predicted octanol–water partition coefficient (Wildman–Crippen LogP) is 0.943. The molecule has 2 atom stereocenters. The third kappa shape index (κ3) is 2.53. The van der Waals surface area contributed by atoms with Crippen molar-refractivity contribution in [2.24, 2.45) is 5.92 Å². The number of methoxy groups -OCH3 is 1. The molecule has 1 amide bonds. The monoisotopic (exact) mass is 256 g/mol. The maximum atomic E-state index is 11.9. The molecule has 0 aromatic carbocycles. The topological polar surface area (TPSA) is 50.8 Å². The molecule has 1 N–H and O–H groups in total. The lowest BCUT2D eigenvalue weighted by Gasteiger charge is -2.43. The zero-order chi connectivity index (χ0) is 11.9. The number of nitrogens with zero attached hydrogens (tertiary/aromatic N) is 1. The number of rotatable bonds is 5. The zero-order valence-corrected chi connectivity index (χ0v) is 10.3. The SMILES string of the molecule is C.COC1(CN2NC(CC3CC3)C2=O)CCOC1. The minimum absolute atomic E-state index is 0. The quantitative estimate of drug-likeness (QED) is 0.795. The highest BCUT2D eigenvalue weighted by Crippen LogP contribution is 2.35. The van der Waals surface area contributed by atoms with E-state index in [0.29, 0.717) is 13.2 Å². The van der Waals surface area contributed by atoms with Gasteiger partial charge in [0.25, 0.3) is 5.91 Å². The Hall–Kier alpha value is -0.650. The van der Waals surface area contributed by atoms with Gasteiger partial charge in [0.2, 0.25) is 0 Å². The summed E-state index contributed by atoms with van der Waals surface area (Å²) in [6, 6.07) is 0.0544. The fraction of sp³-hybridized carbons (Fsp3) is 0.923. The van der Waals surface area contributed by atoms with E-state index in [9.17, 15) is 4.79 Å². The lowest BCUT2D eigenvalue weighted by molar-refractivity contribution is -0.161. The normalized spacial score (nSPS) is 35.3. The van der Waals surface area contributed by atoms with Crippen molar-refractivity contribution in [3.8, 4) is 0 Å². The standard InChI is InChI=1S/C12H20N2O3.CH4/c1-16-12(4-5-17-8-12)7-14-11(15)10(13-14)6-9-2-3-9;/h9-10,13H,2-8H2,1H3;1H4. The van der Waals surface area contributed by atoms with Crippen LogP contribution in [0, 0.1) is 5.92 Å². The summed E-state index contributed by atoms with van der Waals surface area (Å²) in [5.74, 6) is 1.00. The first-order valence-corrected chi connectivity index (χ1v) is 6.43. The zero-order valence-electron chi connectivity index (χ0n) is 10.3. The summed E-state index contributed by atoms with van der Waals surface area (Å²) in [4.78, 5) is 11.9. The van der Waals surface area contributed by atoms with E-state index in [-0.39, 0.29) is 25.0 Å². The van der Waals surface area contributed by atoms with E-state index in [1.54, 1.807) is 12.1 Å². The Kier molecular flexibility index (Phi) is 3.94. The van der Waals surface area contributed by atoms with Gasteiger partial charge in [-0.15, -0.1) is 0 Å². The summed E-state index contributed by atoms with van der Waals surface area (Å²) < 4.78 is 10.9. The molecule has 3 aliphatic rings. The second-order valence-corrected chi connectivity index (χ2v) is 5.47. The van der Waals surface area contributed by atoms with E-state index < -0.39 is 0 Å². The number of hydrogen-bond donors (Lipinski definition) is 1. The molecule has 0 radical (unpaired) electrons. The minimum Gasteiger partial charge on any atom is -0.378 e. The van der Waals surface area contributed by atoms with Gasteiger partial charge in [0, 0.05) is 20.1 Å². The molecular formula is C13H24N2O3. The van der Waals surface area contributed by atoms with Crippen LogP contribution in [0.5, 0.6) is 0 Å². The van der Waals surface area contributed by atoms with Crippen LogP contribution in [0.2, 0.25) is 0 Å². The van der Waals surface area contributed by atoms with Crippen LogP contribution in [0.15, 0.2) is 0 Å². The summed E-state index contributed by atoms with van der Waals surface area (Å²) in [6.07, 6.45) is 4.46. The van der Waals surface area contributed by atoms with Gasteiger partial charge in [-0.25, -0.2) is 5.43 Å². The number of hydrazine groups is 1. The first-order chi connectivity index (χ1) is 8.22. The van der Waals surface area contributed by atoms with E-state index in [4.69, 9.17) is 9.47 Å². The molecule has 2 heterocycles. The summed E-state index contributed by atoms with van der Waals surface area (Å²) >= 11 is 0. The number of amides is 1. The fourth-order valence-electron chi connectivity index (χ4n) is 2.62. The van der Waals surface area contributed by atoms with Gasteiger partial charge in [-0.3, -0.25) is 9.80 Å². The van der Waals surface area contributed by atoms with Crippen LogP contribution in [0.25, 0.3) is 0 Å². The minimum atomic E-state index is -0.298. The summed E-state index contributed by atoms with van der Waals surface area (Å²) in [5.41, 5.74) is 2.94. The number of ether oxygens (including phenoxy) is 2. The lowest BCUT2D eigenvalue weighted by atomic mass is 10.0. The number of carbonyl (C=O) groups excluding carboxylic acids is 1. The van der Waals surface area contributed by atoms with Crippen molar-refractivity contribution in [3.63, 3.8) is 0 Å². The molecule has 5 nitrogen and oxygen atoms in total. The van der Waals surface area contributed by atoms with Crippen molar-refractivity contribution in [1.82, 2.24) is 10.4 Å². The van der Waals surface area contributed by atoms with Gasteiger partial charge in [-0.1, -0.05) is 20.3 Å². The van der Waals surface area contributed by atoms with Gasteiger partial charge in [-0.2, -0.15) is 0 Å². The Morgan fingerprint density at radius 2 is 2.33 bits per heavy atom. The molecule has 2 unspecified atom stereocenters. The van der Waals surface area contributed by atoms with Gasteiger partial charge < -0.3 is 9.47 Å². The largest absolute Gasteiger partial charge is 0.378 e. The van der Waals surface area contributed by atoms with E-state index in [0.717, 1.165) is 25.4 Å². The first-order valence-electron chi connectivity index (χ1n) is 6.43. The van der Waals surface area contributed by atoms with E-state index in [2.05, 4.69) is 5.43 Å². The Labute approximate surface area is 109 Å². The number of nitrogens with one attached hydrogen (secondary N) is 1. The smallest absolute Gasteiger partial charge is 0.255 e. The Morgan fingerprint density at radius 1 is 1.56 bits per heavy atom. The van der Waals surface area contributed by atoms with Crippen molar-refractivity contribution in [2.75, 3.05) is 26.9 Å². The van der Waals surface area contributed by atoms with Gasteiger partial charge in [-0.05, 0) is 12.3 Å². The highest BCUT2D eigenvalue weighted by Gasteiger charge is 2.45. The maximum absolute atomic E-state index is 11.9. The third-order valence-corrected chi connectivity index (χ3v) is 4.09. The highest BCUT2D eigenvalue weighted by atomic mass is 16.5. The van der Waals surface area contributed by atoms with Crippen molar-refractivity contribution < 1.29 is 14.3 Å². The molecule has 104 valence electrons. The molecule has 0 spiro atoms. The Bertz CT molecular complexity index is 311. The highest BCUT2D eigenvalue weighted by molar-refractivity contribution is 5.86. The molecule has 2 saturated heterocycles. The van der Waals surface area contributed by atoms with Crippen LogP contribution in [0.4, 0.5) is 0 Å². The van der Waals surface area contributed by atoms with E-state index in [1.165, 1.54) is 12.8 Å². The molecule has 1 aliphatic carbocycles. The van der Waals surface area contributed by atoms with Crippen molar-refractivity contribution in [2.45, 2.75) is 44.8 Å². The molecule has 0 aromatic rings. The predicted molar refractivity (Wildman–Crippen MR) is 67.9 cm³/mol. The number of hydrogen-bond acceptors (Lipinski definition) is 4. The average molecular weight is 256 g/mol. The van der Waals surface area contributed by atoms with Crippen LogP contribution < -0.4 is 5.43 Å². The molecule has 0 bridgehead atoms. The van der Waals surface area contributed by atoms with Crippen LogP contribution >= 0.6 is 0 Å². The summed E-state index contributed by atoms with van der Waals surface area (Å²) in [6.45, 7) is 1.91. The second kappa shape index (κ2) is 5.15. The van der Waals surface area contributed by atoms with Crippen LogP contribution in [0.1, 0.15) is 33.1 Å². The third-order valence-electron chi connectivity index (χ3n) is 4.09. The molecule has 3 fully saturated rings. The molecule has 18 heavy (non-hydrogen) atoms. The van der Waals surface area contributed by atoms with E-state index >= 15 is 0 Å². The summed E-state index contributed by atoms with van der Waals surface area (Å²) in [7, 11) is 1.70. The molecule has 0 aromatic heterocycles. The summed E-state index contributed by atoms with van der Waals surface area (Å²) in [5, 5.41) is 1.70. The van der Waals surface area contributed by atoms with Crippen LogP contribution in [-0.4, -0.2) is 49.4 Å². The van der Waals surface area contributed by atoms with Crippen LogP contribution in [-0.2, 0) is 14.3 Å². The molecule has 5 heteroatoms. The van der Waals surface area contributed by atoms with E-state index in [1.807, 2.05) is 0 Å². The molecule has 3 rings (SSSR count). The Balaban J connectivity index is 0.00000120. The lowest BCUT2D eigenvalue weighted by Crippen LogP contribution is -2.69. The Morgan fingerprint density at radius 3 is 2.83 bits per heavy atom. The molecule has 2 aliphatic heterocycles. The van der Waals surface area contributed by atoms with Crippen molar-refractivity contribution >= 4 is 5.91 Å². The molecular weight excluding hydrogens is 232 g/mol.